The van der Waals surface area contributed by atoms with Crippen LogP contribution in [0.15, 0.2) is 52.9 Å². The molecule has 2 amide bonds. The van der Waals surface area contributed by atoms with Crippen molar-refractivity contribution in [2.45, 2.75) is 26.4 Å². The largest absolute Gasteiger partial charge is 0.441 e. The zero-order valence-electron chi connectivity index (χ0n) is 21.7. The zero-order valence-corrected chi connectivity index (χ0v) is 21.7. The molecule has 2 aliphatic rings. The zero-order chi connectivity index (χ0) is 26.2. The van der Waals surface area contributed by atoms with Crippen molar-refractivity contribution in [3.05, 3.63) is 71.4 Å². The molecule has 4 heterocycles. The van der Waals surface area contributed by atoms with Gasteiger partial charge in [-0.05, 0) is 62.0 Å². The molecule has 196 valence electrons. The van der Waals surface area contributed by atoms with Gasteiger partial charge in [0, 0.05) is 63.1 Å². The molecule has 0 aliphatic carbocycles. The summed E-state index contributed by atoms with van der Waals surface area (Å²) < 4.78 is 7.34. The van der Waals surface area contributed by atoms with Gasteiger partial charge in [-0.2, -0.15) is 5.10 Å². The first kappa shape index (κ1) is 24.2. The number of nitrogens with one attached hydrogen (secondary N) is 1. The molecule has 4 aromatic rings. The Morgan fingerprint density at radius 2 is 1.74 bits per heavy atom. The van der Waals surface area contributed by atoms with E-state index in [-0.39, 0.29) is 11.8 Å². The van der Waals surface area contributed by atoms with Gasteiger partial charge in [0.05, 0.1) is 12.2 Å². The van der Waals surface area contributed by atoms with E-state index in [2.05, 4.69) is 32.2 Å². The van der Waals surface area contributed by atoms with Crippen LogP contribution in [-0.2, 0) is 13.1 Å². The highest BCUT2D eigenvalue weighted by Crippen LogP contribution is 2.22. The van der Waals surface area contributed by atoms with Crippen LogP contribution in [0.5, 0.6) is 0 Å². The summed E-state index contributed by atoms with van der Waals surface area (Å²) in [5, 5.41) is 7.43. The average Bonchev–Trinajstić information content (AvgIpc) is 3.44. The van der Waals surface area contributed by atoms with E-state index in [0.717, 1.165) is 44.0 Å². The Balaban J connectivity index is 1.13. The minimum atomic E-state index is -0.303. The summed E-state index contributed by atoms with van der Waals surface area (Å²) in [5.74, 6) is 0.265. The summed E-state index contributed by atoms with van der Waals surface area (Å²) >= 11 is 0. The first-order valence-electron chi connectivity index (χ1n) is 13.0. The molecule has 2 aliphatic heterocycles. The lowest BCUT2D eigenvalue weighted by Crippen LogP contribution is -2.44. The number of likely N-dealkylation sites (N-methyl/N-ethyl adjacent to an activating group) is 1. The first-order valence-corrected chi connectivity index (χ1v) is 13.0. The fourth-order valence-electron chi connectivity index (χ4n) is 5.12. The van der Waals surface area contributed by atoms with Gasteiger partial charge in [-0.15, -0.1) is 0 Å². The van der Waals surface area contributed by atoms with E-state index in [9.17, 15) is 9.59 Å². The normalized spacial score (nSPS) is 16.4. The maximum atomic E-state index is 13.4. The minimum absolute atomic E-state index is 0.00760. The van der Waals surface area contributed by atoms with Crippen LogP contribution in [0.4, 0.5) is 11.4 Å². The highest BCUT2D eigenvalue weighted by molar-refractivity contribution is 6.03. The Hall–Kier alpha value is -4.18. The lowest BCUT2D eigenvalue weighted by molar-refractivity contribution is 0.0745. The lowest BCUT2D eigenvalue weighted by Gasteiger charge is -2.34. The second kappa shape index (κ2) is 9.94. The number of carbonyl (C=O) groups excluding carboxylic acids is 2. The summed E-state index contributed by atoms with van der Waals surface area (Å²) in [6.45, 7) is 7.55. The van der Waals surface area contributed by atoms with Crippen molar-refractivity contribution in [2.75, 3.05) is 50.0 Å². The molecule has 38 heavy (non-hydrogen) atoms. The van der Waals surface area contributed by atoms with Gasteiger partial charge in [0.2, 0.25) is 0 Å². The Bertz CT molecular complexity index is 1480. The number of fused-ring (bicyclic) bond motifs is 2. The smallest absolute Gasteiger partial charge is 0.276 e. The predicted molar refractivity (Wildman–Crippen MR) is 144 cm³/mol. The van der Waals surface area contributed by atoms with Gasteiger partial charge in [-0.3, -0.25) is 14.3 Å². The Kier molecular flexibility index (Phi) is 6.32. The van der Waals surface area contributed by atoms with Crippen molar-refractivity contribution in [1.82, 2.24) is 24.6 Å². The van der Waals surface area contributed by atoms with Crippen molar-refractivity contribution >= 4 is 34.3 Å². The average molecular weight is 514 g/mol. The van der Waals surface area contributed by atoms with E-state index in [1.165, 1.54) is 0 Å². The minimum Gasteiger partial charge on any atom is -0.441 e. The molecule has 10 heteroatoms. The van der Waals surface area contributed by atoms with Crippen molar-refractivity contribution in [3.63, 3.8) is 0 Å². The molecule has 2 aromatic heterocycles. The van der Waals surface area contributed by atoms with E-state index in [1.807, 2.05) is 33.8 Å². The van der Waals surface area contributed by atoms with E-state index >= 15 is 0 Å². The molecule has 1 fully saturated rings. The number of carbonyl (C=O) groups is 2. The molecule has 0 radical (unpaired) electrons. The van der Waals surface area contributed by atoms with Gasteiger partial charge >= 0.3 is 0 Å². The van der Waals surface area contributed by atoms with Crippen LogP contribution in [0, 0.1) is 6.92 Å². The number of benzene rings is 2. The second-order valence-corrected chi connectivity index (χ2v) is 10.0. The molecule has 0 bridgehead atoms. The van der Waals surface area contributed by atoms with Crippen LogP contribution in [0.2, 0.25) is 0 Å². The number of hydrogen-bond donors (Lipinski definition) is 1. The van der Waals surface area contributed by atoms with Crippen LogP contribution < -0.4 is 10.2 Å². The fourth-order valence-corrected chi connectivity index (χ4v) is 5.12. The SMILES string of the molecule is Cc1nc2cc(NC(=O)c3cc4n(n3)CCCN(C(=O)c3ccc(N5CCN(C)CC5)cc3)C4)ccc2o1. The Morgan fingerprint density at radius 3 is 2.53 bits per heavy atom. The molecular formula is C28H31N7O3. The monoisotopic (exact) mass is 513 g/mol. The molecule has 1 saturated heterocycles. The third kappa shape index (κ3) is 4.87. The van der Waals surface area contributed by atoms with Crippen molar-refractivity contribution in [3.8, 4) is 0 Å². The number of hydrogen-bond acceptors (Lipinski definition) is 7. The van der Waals surface area contributed by atoms with Crippen LogP contribution in [0.25, 0.3) is 11.1 Å². The summed E-state index contributed by atoms with van der Waals surface area (Å²) in [4.78, 5) is 37.2. The number of piperazine rings is 1. The summed E-state index contributed by atoms with van der Waals surface area (Å²) in [5.41, 5.74) is 4.97. The topological polar surface area (TPSA) is 99.7 Å². The standard InChI is InChI=1S/C28H31N7O3/c1-19-29-24-16-21(6-9-26(24)38-19)30-27(36)25-17-23-18-34(10-3-11-35(23)31-25)28(37)20-4-7-22(8-5-20)33-14-12-32(2)13-15-33/h4-9,16-17H,3,10-15,18H2,1-2H3,(H,30,36). The molecule has 10 nitrogen and oxygen atoms in total. The van der Waals surface area contributed by atoms with Crippen LogP contribution in [0.3, 0.4) is 0 Å². The van der Waals surface area contributed by atoms with Gasteiger partial charge in [0.1, 0.15) is 5.52 Å². The van der Waals surface area contributed by atoms with Crippen LogP contribution in [-0.4, -0.2) is 76.2 Å². The van der Waals surface area contributed by atoms with Gasteiger partial charge in [0.25, 0.3) is 11.8 Å². The molecule has 2 aromatic carbocycles. The van der Waals surface area contributed by atoms with Gasteiger partial charge in [-0.1, -0.05) is 0 Å². The molecule has 1 N–H and O–H groups in total. The van der Waals surface area contributed by atoms with Gasteiger partial charge in [-0.25, -0.2) is 4.98 Å². The second-order valence-electron chi connectivity index (χ2n) is 10.0. The Labute approximate surface area is 220 Å². The van der Waals surface area contributed by atoms with E-state index in [1.54, 1.807) is 31.2 Å². The number of amides is 2. The third-order valence-electron chi connectivity index (χ3n) is 7.27. The van der Waals surface area contributed by atoms with Crippen molar-refractivity contribution in [2.24, 2.45) is 0 Å². The van der Waals surface area contributed by atoms with Crippen molar-refractivity contribution < 1.29 is 14.0 Å². The molecular weight excluding hydrogens is 482 g/mol. The summed E-state index contributed by atoms with van der Waals surface area (Å²) in [6.07, 6.45) is 0.767. The number of aryl methyl sites for hydroxylation is 2. The highest BCUT2D eigenvalue weighted by atomic mass is 16.3. The number of anilines is 2. The number of rotatable bonds is 4. The predicted octanol–water partition coefficient (Wildman–Crippen LogP) is 3.38. The third-order valence-corrected chi connectivity index (χ3v) is 7.27. The number of oxazole rings is 1. The fraction of sp³-hybridized carbons (Fsp3) is 0.357. The molecule has 0 atom stereocenters. The maximum Gasteiger partial charge on any atom is 0.276 e. The van der Waals surface area contributed by atoms with E-state index in [4.69, 9.17) is 4.42 Å². The lowest BCUT2D eigenvalue weighted by atomic mass is 10.1. The number of aromatic nitrogens is 3. The highest BCUT2D eigenvalue weighted by Gasteiger charge is 2.24. The number of nitrogens with zero attached hydrogens (tertiary/aromatic N) is 6. The molecule has 0 saturated carbocycles. The maximum absolute atomic E-state index is 13.4. The van der Waals surface area contributed by atoms with E-state index < -0.39 is 0 Å². The molecule has 6 rings (SSSR count). The quantitative estimate of drug-likeness (QED) is 0.447. The molecule has 0 unspecified atom stereocenters. The van der Waals surface area contributed by atoms with Crippen LogP contribution in [0.1, 0.15) is 38.9 Å². The molecule has 0 spiro atoms. The summed E-state index contributed by atoms with van der Waals surface area (Å²) in [7, 11) is 2.14. The van der Waals surface area contributed by atoms with Gasteiger partial charge < -0.3 is 24.4 Å². The first-order chi connectivity index (χ1) is 18.4. The van der Waals surface area contributed by atoms with Gasteiger partial charge in [0.15, 0.2) is 17.2 Å². The summed E-state index contributed by atoms with van der Waals surface area (Å²) in [6, 6.07) is 15.0. The van der Waals surface area contributed by atoms with Crippen LogP contribution >= 0.6 is 0 Å². The van der Waals surface area contributed by atoms with E-state index in [0.29, 0.717) is 53.6 Å². The Morgan fingerprint density at radius 1 is 0.947 bits per heavy atom. The van der Waals surface area contributed by atoms with Crippen molar-refractivity contribution in [1.29, 1.82) is 0 Å².